The third-order valence-electron chi connectivity index (χ3n) is 5.07. The number of Topliss-reactive ketones (excluding diaryl/α,β-unsaturated/α-hetero) is 1. The van der Waals surface area contributed by atoms with Crippen molar-refractivity contribution in [2.24, 2.45) is 5.92 Å². The maximum Gasteiger partial charge on any atom is 0.324 e. The van der Waals surface area contributed by atoms with Gasteiger partial charge in [-0.15, -0.1) is 0 Å². The normalized spacial score (nSPS) is 18.3. The largest absolute Gasteiger partial charge is 0.468 e. The van der Waals surface area contributed by atoms with Crippen molar-refractivity contribution in [3.8, 4) is 11.1 Å². The molecule has 0 bridgehead atoms. The zero-order valence-electron chi connectivity index (χ0n) is 15.9. The fourth-order valence-corrected chi connectivity index (χ4v) is 5.03. The Bertz CT molecular complexity index is 987. The Hall–Kier alpha value is -2.03. The molecular formula is C21H22BrNO5S. The molecule has 0 aliphatic heterocycles. The summed E-state index contributed by atoms with van der Waals surface area (Å²) in [7, 11) is -2.75. The minimum absolute atomic E-state index is 0.0354. The SMILES string of the molecule is COC(=O)C(NS(=O)(=O)c1ccc(-c2ccc(Br)cc2)cc1)C1CCCC(=O)C1. The van der Waals surface area contributed by atoms with Crippen LogP contribution in [-0.4, -0.2) is 33.3 Å². The number of methoxy groups -OCH3 is 1. The van der Waals surface area contributed by atoms with Gasteiger partial charge < -0.3 is 4.74 Å². The molecule has 8 heteroatoms. The van der Waals surface area contributed by atoms with Crippen LogP contribution < -0.4 is 4.72 Å². The number of ketones is 1. The monoisotopic (exact) mass is 479 g/mol. The topological polar surface area (TPSA) is 89.5 Å². The van der Waals surface area contributed by atoms with E-state index in [2.05, 4.69) is 20.7 Å². The number of rotatable bonds is 6. The molecule has 1 aliphatic carbocycles. The first-order valence-corrected chi connectivity index (χ1v) is 11.6. The predicted octanol–water partition coefficient (Wildman–Crippen LogP) is 3.70. The Morgan fingerprint density at radius 3 is 2.24 bits per heavy atom. The van der Waals surface area contributed by atoms with Crippen molar-refractivity contribution < 1.29 is 22.7 Å². The van der Waals surface area contributed by atoms with Crippen molar-refractivity contribution in [2.45, 2.75) is 36.6 Å². The standard InChI is InChI=1S/C21H22BrNO5S/c1-28-21(25)20(16-3-2-4-18(24)13-16)23-29(26,27)19-11-7-15(8-12-19)14-5-9-17(22)10-6-14/h5-12,16,20,23H,2-4,13H2,1H3. The summed E-state index contributed by atoms with van der Waals surface area (Å²) in [5, 5.41) is 0. The van der Waals surface area contributed by atoms with Gasteiger partial charge >= 0.3 is 5.97 Å². The summed E-state index contributed by atoms with van der Waals surface area (Å²) in [6.07, 6.45) is 1.87. The molecule has 6 nitrogen and oxygen atoms in total. The van der Waals surface area contributed by atoms with Crippen LogP contribution in [-0.2, 0) is 24.3 Å². The fourth-order valence-electron chi connectivity index (χ4n) is 3.51. The summed E-state index contributed by atoms with van der Waals surface area (Å²) in [5.74, 6) is -1.05. The van der Waals surface area contributed by atoms with Gasteiger partial charge in [-0.3, -0.25) is 9.59 Å². The number of halogens is 1. The van der Waals surface area contributed by atoms with Gasteiger partial charge in [-0.05, 0) is 54.2 Å². The van der Waals surface area contributed by atoms with Gasteiger partial charge in [0.05, 0.1) is 12.0 Å². The highest BCUT2D eigenvalue weighted by Gasteiger charge is 2.36. The fraction of sp³-hybridized carbons (Fsp3) is 0.333. The molecule has 29 heavy (non-hydrogen) atoms. The van der Waals surface area contributed by atoms with Crippen LogP contribution in [0.3, 0.4) is 0 Å². The van der Waals surface area contributed by atoms with Gasteiger partial charge in [-0.25, -0.2) is 8.42 Å². The molecule has 0 heterocycles. The Morgan fingerprint density at radius 2 is 1.69 bits per heavy atom. The predicted molar refractivity (Wildman–Crippen MR) is 113 cm³/mol. The van der Waals surface area contributed by atoms with Crippen LogP contribution in [0, 0.1) is 5.92 Å². The highest BCUT2D eigenvalue weighted by molar-refractivity contribution is 9.10. The lowest BCUT2D eigenvalue weighted by atomic mass is 9.83. The highest BCUT2D eigenvalue weighted by atomic mass is 79.9. The first-order chi connectivity index (χ1) is 13.8. The van der Waals surface area contributed by atoms with Crippen LogP contribution >= 0.6 is 15.9 Å². The molecule has 1 aliphatic rings. The average Bonchev–Trinajstić information content (AvgIpc) is 2.72. The van der Waals surface area contributed by atoms with E-state index in [0.29, 0.717) is 19.3 Å². The van der Waals surface area contributed by atoms with E-state index in [4.69, 9.17) is 4.74 Å². The molecule has 1 fully saturated rings. The molecule has 2 aromatic carbocycles. The van der Waals surface area contributed by atoms with Crippen molar-refractivity contribution in [3.05, 3.63) is 53.0 Å². The van der Waals surface area contributed by atoms with Gasteiger partial charge in [0.15, 0.2) is 0 Å². The Balaban J connectivity index is 1.81. The second-order valence-corrected chi connectivity index (χ2v) is 9.68. The summed E-state index contributed by atoms with van der Waals surface area (Å²) in [5.41, 5.74) is 1.83. The van der Waals surface area contributed by atoms with Crippen molar-refractivity contribution >= 4 is 37.7 Å². The molecule has 0 amide bonds. The molecule has 2 unspecified atom stereocenters. The second kappa shape index (κ2) is 9.19. The first kappa shape index (κ1) is 21.7. The van der Waals surface area contributed by atoms with Gasteiger partial charge in [0, 0.05) is 17.3 Å². The second-order valence-electron chi connectivity index (χ2n) is 7.05. The van der Waals surface area contributed by atoms with Crippen molar-refractivity contribution in [1.82, 2.24) is 4.72 Å². The summed E-state index contributed by atoms with van der Waals surface area (Å²) >= 11 is 3.39. The number of ether oxygens (including phenoxy) is 1. The van der Waals surface area contributed by atoms with Gasteiger partial charge in [-0.1, -0.05) is 40.2 Å². The molecule has 0 aromatic heterocycles. The summed E-state index contributed by atoms with van der Waals surface area (Å²) in [6, 6.07) is 13.0. The highest BCUT2D eigenvalue weighted by Crippen LogP contribution is 2.27. The molecule has 0 saturated heterocycles. The third kappa shape index (κ3) is 5.32. The Labute approximate surface area is 178 Å². The number of nitrogens with one attached hydrogen (secondary N) is 1. The Morgan fingerprint density at radius 1 is 1.10 bits per heavy atom. The lowest BCUT2D eigenvalue weighted by molar-refractivity contribution is -0.144. The number of hydrogen-bond donors (Lipinski definition) is 1. The summed E-state index contributed by atoms with van der Waals surface area (Å²) in [4.78, 5) is 24.1. The summed E-state index contributed by atoms with van der Waals surface area (Å²) < 4.78 is 33.9. The van der Waals surface area contributed by atoms with E-state index in [1.54, 1.807) is 12.1 Å². The van der Waals surface area contributed by atoms with Crippen molar-refractivity contribution in [1.29, 1.82) is 0 Å². The van der Waals surface area contributed by atoms with E-state index in [1.165, 1.54) is 19.2 Å². The maximum absolute atomic E-state index is 12.9. The molecule has 0 radical (unpaired) electrons. The maximum atomic E-state index is 12.9. The molecule has 1 N–H and O–H groups in total. The van der Waals surface area contributed by atoms with E-state index in [0.717, 1.165) is 15.6 Å². The van der Waals surface area contributed by atoms with Crippen LogP contribution in [0.15, 0.2) is 57.9 Å². The number of benzene rings is 2. The summed E-state index contributed by atoms with van der Waals surface area (Å²) in [6.45, 7) is 0. The van der Waals surface area contributed by atoms with Crippen LogP contribution in [0.5, 0.6) is 0 Å². The van der Waals surface area contributed by atoms with E-state index < -0.39 is 28.0 Å². The number of hydrogen-bond acceptors (Lipinski definition) is 5. The van der Waals surface area contributed by atoms with Crippen molar-refractivity contribution in [3.63, 3.8) is 0 Å². The van der Waals surface area contributed by atoms with Crippen LogP contribution in [0.4, 0.5) is 0 Å². The first-order valence-electron chi connectivity index (χ1n) is 9.28. The van der Waals surface area contributed by atoms with E-state index >= 15 is 0 Å². The molecule has 154 valence electrons. The quantitative estimate of drug-likeness (QED) is 0.637. The smallest absolute Gasteiger partial charge is 0.324 e. The number of sulfonamides is 1. The molecular weight excluding hydrogens is 458 g/mol. The minimum Gasteiger partial charge on any atom is -0.468 e. The number of carbonyl (C=O) groups excluding carboxylic acids is 2. The van der Waals surface area contributed by atoms with E-state index in [9.17, 15) is 18.0 Å². The Kier molecular flexibility index (Phi) is 6.87. The van der Waals surface area contributed by atoms with Gasteiger partial charge in [0.2, 0.25) is 10.0 Å². The lowest BCUT2D eigenvalue weighted by Gasteiger charge is -2.28. The zero-order valence-corrected chi connectivity index (χ0v) is 18.3. The van der Waals surface area contributed by atoms with Crippen LogP contribution in [0.25, 0.3) is 11.1 Å². The zero-order chi connectivity index (χ0) is 21.0. The molecule has 1 saturated carbocycles. The number of esters is 1. The molecule has 3 rings (SSSR count). The number of carbonyl (C=O) groups is 2. The van der Waals surface area contributed by atoms with Gasteiger partial charge in [0.1, 0.15) is 11.8 Å². The third-order valence-corrected chi connectivity index (χ3v) is 7.06. The van der Waals surface area contributed by atoms with Gasteiger partial charge in [-0.2, -0.15) is 4.72 Å². The van der Waals surface area contributed by atoms with E-state index in [-0.39, 0.29) is 17.1 Å². The van der Waals surface area contributed by atoms with Gasteiger partial charge in [0.25, 0.3) is 0 Å². The average molecular weight is 480 g/mol. The molecule has 2 aromatic rings. The van der Waals surface area contributed by atoms with E-state index in [1.807, 2.05) is 24.3 Å². The molecule has 0 spiro atoms. The lowest BCUT2D eigenvalue weighted by Crippen LogP contribution is -2.47. The van der Waals surface area contributed by atoms with Crippen LogP contribution in [0.1, 0.15) is 25.7 Å². The molecule has 2 atom stereocenters. The van der Waals surface area contributed by atoms with Crippen LogP contribution in [0.2, 0.25) is 0 Å². The van der Waals surface area contributed by atoms with Crippen molar-refractivity contribution in [2.75, 3.05) is 7.11 Å². The minimum atomic E-state index is -3.96.